The Bertz CT molecular complexity index is 937. The first-order valence-corrected chi connectivity index (χ1v) is 9.33. The Kier molecular flexibility index (Phi) is 5.14. The van der Waals surface area contributed by atoms with E-state index >= 15 is 0 Å². The van der Waals surface area contributed by atoms with Crippen LogP contribution in [0.2, 0.25) is 0 Å². The lowest BCUT2D eigenvalue weighted by atomic mass is 10.2. The summed E-state index contributed by atoms with van der Waals surface area (Å²) < 4.78 is 0. The van der Waals surface area contributed by atoms with Gasteiger partial charge in [0.25, 0.3) is 5.91 Å². The Labute approximate surface area is 164 Å². The first kappa shape index (κ1) is 17.9. The molecule has 1 aromatic carbocycles. The summed E-state index contributed by atoms with van der Waals surface area (Å²) in [6.07, 6.45) is 0. The molecule has 1 aliphatic heterocycles. The predicted octanol–water partition coefficient (Wildman–Crippen LogP) is 2.89. The third-order valence-corrected chi connectivity index (χ3v) is 4.71. The summed E-state index contributed by atoms with van der Waals surface area (Å²) in [7, 11) is 0. The van der Waals surface area contributed by atoms with Crippen LogP contribution in [0.5, 0.6) is 0 Å². The molecule has 7 nitrogen and oxygen atoms in total. The Morgan fingerprint density at radius 1 is 0.857 bits per heavy atom. The standard InChI is InChI=1S/C21H22N6O/c1-16-6-5-9-18(22-16)23-19-10-11-20(25-24-19)26-12-14-27(15-13-26)21(28)17-7-3-2-4-8-17/h2-11H,12-15H2,1H3,(H,22,23,24). The molecule has 2 aromatic heterocycles. The molecular weight excluding hydrogens is 352 g/mol. The SMILES string of the molecule is Cc1cccc(Nc2ccc(N3CCN(C(=O)c4ccccc4)CC3)nn2)n1. The van der Waals surface area contributed by atoms with Crippen molar-refractivity contribution in [2.45, 2.75) is 6.92 Å². The van der Waals surface area contributed by atoms with Gasteiger partial charge in [0.05, 0.1) is 0 Å². The van der Waals surface area contributed by atoms with Gasteiger partial charge in [0, 0.05) is 37.4 Å². The van der Waals surface area contributed by atoms with Crippen LogP contribution in [0.4, 0.5) is 17.5 Å². The number of piperazine rings is 1. The van der Waals surface area contributed by atoms with Gasteiger partial charge < -0.3 is 15.1 Å². The van der Waals surface area contributed by atoms with Gasteiger partial charge in [-0.2, -0.15) is 0 Å². The molecule has 0 aliphatic carbocycles. The molecule has 0 radical (unpaired) electrons. The van der Waals surface area contributed by atoms with E-state index in [0.717, 1.165) is 36.0 Å². The molecule has 0 spiro atoms. The average Bonchev–Trinajstić information content (AvgIpc) is 2.75. The number of carbonyl (C=O) groups excluding carboxylic acids is 1. The molecule has 7 heteroatoms. The van der Waals surface area contributed by atoms with Gasteiger partial charge >= 0.3 is 0 Å². The van der Waals surface area contributed by atoms with E-state index in [4.69, 9.17) is 0 Å². The largest absolute Gasteiger partial charge is 0.352 e. The van der Waals surface area contributed by atoms with E-state index in [-0.39, 0.29) is 5.91 Å². The first-order valence-electron chi connectivity index (χ1n) is 9.33. The van der Waals surface area contributed by atoms with Gasteiger partial charge in [-0.15, -0.1) is 10.2 Å². The second-order valence-corrected chi connectivity index (χ2v) is 6.71. The van der Waals surface area contributed by atoms with E-state index < -0.39 is 0 Å². The maximum atomic E-state index is 12.6. The van der Waals surface area contributed by atoms with Crippen molar-refractivity contribution in [2.24, 2.45) is 0 Å². The second-order valence-electron chi connectivity index (χ2n) is 6.71. The minimum Gasteiger partial charge on any atom is -0.352 e. The fourth-order valence-corrected chi connectivity index (χ4v) is 3.21. The summed E-state index contributed by atoms with van der Waals surface area (Å²) in [4.78, 5) is 21.0. The molecule has 1 saturated heterocycles. The Morgan fingerprint density at radius 3 is 2.32 bits per heavy atom. The van der Waals surface area contributed by atoms with Crippen molar-refractivity contribution in [3.05, 3.63) is 71.9 Å². The molecule has 0 unspecified atom stereocenters. The molecule has 1 N–H and O–H groups in total. The predicted molar refractivity (Wildman–Crippen MR) is 109 cm³/mol. The number of aromatic nitrogens is 3. The monoisotopic (exact) mass is 374 g/mol. The second kappa shape index (κ2) is 8.04. The third kappa shape index (κ3) is 4.09. The van der Waals surface area contributed by atoms with Crippen molar-refractivity contribution in [1.29, 1.82) is 0 Å². The van der Waals surface area contributed by atoms with Crippen LogP contribution in [-0.4, -0.2) is 52.2 Å². The summed E-state index contributed by atoms with van der Waals surface area (Å²) in [6.45, 7) is 4.76. The third-order valence-electron chi connectivity index (χ3n) is 4.71. The van der Waals surface area contributed by atoms with Crippen LogP contribution in [0, 0.1) is 6.92 Å². The molecule has 0 atom stereocenters. The van der Waals surface area contributed by atoms with Gasteiger partial charge in [0.15, 0.2) is 11.6 Å². The lowest BCUT2D eigenvalue weighted by Crippen LogP contribution is -2.49. The lowest BCUT2D eigenvalue weighted by molar-refractivity contribution is 0.0746. The summed E-state index contributed by atoms with van der Waals surface area (Å²) in [5.41, 5.74) is 1.67. The summed E-state index contributed by atoms with van der Waals surface area (Å²) in [5.74, 6) is 2.29. The fourth-order valence-electron chi connectivity index (χ4n) is 3.21. The first-order chi connectivity index (χ1) is 13.7. The minimum atomic E-state index is 0.0801. The maximum absolute atomic E-state index is 12.6. The molecule has 142 valence electrons. The molecule has 1 fully saturated rings. The highest BCUT2D eigenvalue weighted by atomic mass is 16.2. The molecule has 1 amide bonds. The van der Waals surface area contributed by atoms with E-state index in [1.807, 2.05) is 72.5 Å². The number of nitrogens with zero attached hydrogens (tertiary/aromatic N) is 5. The van der Waals surface area contributed by atoms with Crippen molar-refractivity contribution in [3.63, 3.8) is 0 Å². The minimum absolute atomic E-state index is 0.0801. The lowest BCUT2D eigenvalue weighted by Gasteiger charge is -2.35. The number of amides is 1. The zero-order chi connectivity index (χ0) is 19.3. The van der Waals surface area contributed by atoms with Crippen molar-refractivity contribution < 1.29 is 4.79 Å². The van der Waals surface area contributed by atoms with E-state index in [0.29, 0.717) is 18.9 Å². The number of hydrogen-bond donors (Lipinski definition) is 1. The van der Waals surface area contributed by atoms with Crippen LogP contribution in [0.15, 0.2) is 60.7 Å². The number of hydrogen-bond acceptors (Lipinski definition) is 6. The van der Waals surface area contributed by atoms with Gasteiger partial charge in [-0.1, -0.05) is 24.3 Å². The van der Waals surface area contributed by atoms with Gasteiger partial charge in [-0.25, -0.2) is 4.98 Å². The van der Waals surface area contributed by atoms with Crippen molar-refractivity contribution >= 4 is 23.4 Å². The number of anilines is 3. The number of benzene rings is 1. The van der Waals surface area contributed by atoms with Crippen molar-refractivity contribution in [1.82, 2.24) is 20.1 Å². The molecule has 1 aliphatic rings. The molecule has 28 heavy (non-hydrogen) atoms. The van der Waals surface area contributed by atoms with E-state index in [2.05, 4.69) is 25.4 Å². The zero-order valence-electron chi connectivity index (χ0n) is 15.7. The molecule has 0 bridgehead atoms. The molecule has 4 rings (SSSR count). The van der Waals surface area contributed by atoms with Gasteiger partial charge in [-0.05, 0) is 43.3 Å². The highest BCUT2D eigenvalue weighted by Gasteiger charge is 2.22. The number of carbonyl (C=O) groups is 1. The molecule has 3 aromatic rings. The van der Waals surface area contributed by atoms with Crippen LogP contribution in [0.25, 0.3) is 0 Å². The fraction of sp³-hybridized carbons (Fsp3) is 0.238. The zero-order valence-corrected chi connectivity index (χ0v) is 15.7. The van der Waals surface area contributed by atoms with Crippen molar-refractivity contribution in [3.8, 4) is 0 Å². The van der Waals surface area contributed by atoms with E-state index in [1.54, 1.807) is 0 Å². The van der Waals surface area contributed by atoms with Crippen LogP contribution in [0.1, 0.15) is 16.1 Å². The Hall–Kier alpha value is -3.48. The summed E-state index contributed by atoms with van der Waals surface area (Å²) in [5, 5.41) is 11.7. The van der Waals surface area contributed by atoms with Crippen LogP contribution < -0.4 is 10.2 Å². The number of rotatable bonds is 4. The smallest absolute Gasteiger partial charge is 0.253 e. The van der Waals surface area contributed by atoms with Gasteiger partial charge in [-0.3, -0.25) is 4.79 Å². The Morgan fingerprint density at radius 2 is 1.64 bits per heavy atom. The summed E-state index contributed by atoms with van der Waals surface area (Å²) in [6, 6.07) is 19.0. The van der Waals surface area contributed by atoms with Gasteiger partial charge in [0.1, 0.15) is 5.82 Å². The average molecular weight is 374 g/mol. The molecular formula is C21H22N6O. The maximum Gasteiger partial charge on any atom is 0.253 e. The van der Waals surface area contributed by atoms with E-state index in [9.17, 15) is 4.79 Å². The molecule has 0 saturated carbocycles. The van der Waals surface area contributed by atoms with Crippen LogP contribution in [-0.2, 0) is 0 Å². The Balaban J connectivity index is 1.35. The highest BCUT2D eigenvalue weighted by Crippen LogP contribution is 2.17. The van der Waals surface area contributed by atoms with Crippen LogP contribution in [0.3, 0.4) is 0 Å². The summed E-state index contributed by atoms with van der Waals surface area (Å²) >= 11 is 0. The normalized spacial score (nSPS) is 14.0. The number of pyridine rings is 1. The number of aryl methyl sites for hydroxylation is 1. The van der Waals surface area contributed by atoms with Crippen molar-refractivity contribution in [2.75, 3.05) is 36.4 Å². The topological polar surface area (TPSA) is 74.2 Å². The highest BCUT2D eigenvalue weighted by molar-refractivity contribution is 5.94. The van der Waals surface area contributed by atoms with E-state index in [1.165, 1.54) is 0 Å². The van der Waals surface area contributed by atoms with Gasteiger partial charge in [0.2, 0.25) is 0 Å². The quantitative estimate of drug-likeness (QED) is 0.757. The molecule has 3 heterocycles. The van der Waals surface area contributed by atoms with Crippen LogP contribution >= 0.6 is 0 Å². The number of nitrogens with one attached hydrogen (secondary N) is 1.